The molecule has 0 radical (unpaired) electrons. The molecular weight excluding hydrogens is 212 g/mol. The Kier molecular flexibility index (Phi) is 7.65. The lowest BCUT2D eigenvalue weighted by Crippen LogP contribution is -2.36. The Labute approximate surface area is 84.5 Å². The molecule has 0 rings (SSSR count). The molecule has 15 heavy (non-hydrogen) atoms. The van der Waals surface area contributed by atoms with Crippen molar-refractivity contribution in [1.29, 1.82) is 0 Å². The third-order valence-corrected chi connectivity index (χ3v) is 0.986. The van der Waals surface area contributed by atoms with Gasteiger partial charge >= 0.3 is 11.9 Å². The van der Waals surface area contributed by atoms with Crippen LogP contribution in [0.2, 0.25) is 0 Å². The average Bonchev–Trinajstić information content (AvgIpc) is 2.02. The second kappa shape index (κ2) is 7.09. The Bertz CT molecular complexity index is 212. The summed E-state index contributed by atoms with van der Waals surface area (Å²) in [5, 5.41) is 39.5. The van der Waals surface area contributed by atoms with Crippen LogP contribution >= 0.6 is 0 Å². The lowest BCUT2D eigenvalue weighted by atomic mass is 10.2. The van der Waals surface area contributed by atoms with Gasteiger partial charge in [0.15, 0.2) is 0 Å². The number of aliphatic hydroxyl groups is 3. The second-order valence-corrected chi connectivity index (χ2v) is 2.52. The monoisotopic (exact) mass is 226 g/mol. The molecule has 0 aromatic carbocycles. The van der Waals surface area contributed by atoms with Crippen molar-refractivity contribution in [1.82, 2.24) is 0 Å². The van der Waals surface area contributed by atoms with Crippen LogP contribution < -0.4 is 11.5 Å². The Morgan fingerprint density at radius 1 is 1.20 bits per heavy atom. The fraction of sp³-hybridized carbons (Fsp3) is 0.667. The Morgan fingerprint density at radius 2 is 1.53 bits per heavy atom. The zero-order chi connectivity index (χ0) is 12.6. The van der Waals surface area contributed by atoms with Gasteiger partial charge in [-0.15, -0.1) is 0 Å². The van der Waals surface area contributed by atoms with Crippen molar-refractivity contribution >= 4 is 11.9 Å². The Morgan fingerprint density at radius 3 is 1.60 bits per heavy atom. The van der Waals surface area contributed by atoms with E-state index in [-0.39, 0.29) is 0 Å². The summed E-state index contributed by atoms with van der Waals surface area (Å²) in [6, 6.07) is -1.29. The van der Waals surface area contributed by atoms with Crippen molar-refractivity contribution in [2.75, 3.05) is 6.54 Å². The first-order chi connectivity index (χ1) is 6.60. The quantitative estimate of drug-likeness (QED) is 0.238. The molecule has 9 nitrogen and oxygen atoms in total. The topological polar surface area (TPSA) is 187 Å². The summed E-state index contributed by atoms with van der Waals surface area (Å²) in [6.45, 7) is -0.562. The second-order valence-electron chi connectivity index (χ2n) is 2.52. The van der Waals surface area contributed by atoms with Crippen LogP contribution in [-0.4, -0.2) is 56.0 Å². The molecule has 1 atom stereocenters. The van der Waals surface area contributed by atoms with Crippen molar-refractivity contribution in [2.24, 2.45) is 11.5 Å². The third-order valence-electron chi connectivity index (χ3n) is 0.986. The van der Waals surface area contributed by atoms with Crippen LogP contribution in [0.4, 0.5) is 0 Å². The van der Waals surface area contributed by atoms with Crippen molar-refractivity contribution in [3.05, 3.63) is 0 Å². The third kappa shape index (κ3) is 15.5. The molecule has 9 heteroatoms. The molecule has 0 saturated heterocycles. The predicted octanol–water partition coefficient (Wildman–Crippen LogP) is -3.55. The summed E-state index contributed by atoms with van der Waals surface area (Å²) in [7, 11) is 0. The summed E-state index contributed by atoms with van der Waals surface area (Å²) < 4.78 is 0. The molecule has 1 unspecified atom stereocenters. The molecule has 0 saturated carbocycles. The van der Waals surface area contributed by atoms with Gasteiger partial charge in [-0.2, -0.15) is 0 Å². The molecular formula is C6H14N2O7. The average molecular weight is 226 g/mol. The van der Waals surface area contributed by atoms with Crippen molar-refractivity contribution in [2.45, 2.75) is 18.4 Å². The molecule has 90 valence electrons. The number of carboxylic acids is 2. The number of aliphatic carboxylic acids is 2. The van der Waals surface area contributed by atoms with Crippen LogP contribution in [0.25, 0.3) is 0 Å². The molecule has 0 aliphatic heterocycles. The van der Waals surface area contributed by atoms with Gasteiger partial charge in [-0.1, -0.05) is 0 Å². The van der Waals surface area contributed by atoms with Gasteiger partial charge in [-0.3, -0.25) is 9.59 Å². The minimum atomic E-state index is -2.68. The summed E-state index contributed by atoms with van der Waals surface area (Å²) in [4.78, 5) is 19.6. The fourth-order valence-electron chi connectivity index (χ4n) is 0.275. The first kappa shape index (κ1) is 16.2. The number of hydrogen-bond acceptors (Lipinski definition) is 7. The van der Waals surface area contributed by atoms with Crippen LogP contribution in [0.5, 0.6) is 0 Å². The number of nitrogens with two attached hydrogens (primary N) is 2. The largest absolute Gasteiger partial charge is 0.481 e. The minimum Gasteiger partial charge on any atom is -0.481 e. The van der Waals surface area contributed by atoms with Gasteiger partial charge in [0.1, 0.15) is 6.04 Å². The molecule has 9 N–H and O–H groups in total. The van der Waals surface area contributed by atoms with Gasteiger partial charge in [-0.05, 0) is 0 Å². The van der Waals surface area contributed by atoms with E-state index in [0.29, 0.717) is 0 Å². The summed E-state index contributed by atoms with van der Waals surface area (Å²) in [5.74, 6) is -5.18. The van der Waals surface area contributed by atoms with Crippen molar-refractivity contribution < 1.29 is 35.1 Å². The highest BCUT2D eigenvalue weighted by atomic mass is 16.7. The maximum absolute atomic E-state index is 9.85. The van der Waals surface area contributed by atoms with Crippen LogP contribution in [-0.2, 0) is 9.59 Å². The van der Waals surface area contributed by atoms with Crippen LogP contribution in [0.15, 0.2) is 0 Å². The van der Waals surface area contributed by atoms with E-state index in [1.807, 2.05) is 0 Å². The van der Waals surface area contributed by atoms with E-state index in [1.165, 1.54) is 0 Å². The maximum atomic E-state index is 9.85. The maximum Gasteiger partial charge on any atom is 0.321 e. The number of hydrogen-bond donors (Lipinski definition) is 7. The first-order valence-corrected chi connectivity index (χ1v) is 3.67. The summed E-state index contributed by atoms with van der Waals surface area (Å²) in [5.41, 5.74) is 9.39. The van der Waals surface area contributed by atoms with Gasteiger partial charge in [0.2, 0.25) is 0 Å². The zero-order valence-corrected chi connectivity index (χ0v) is 7.70. The van der Waals surface area contributed by atoms with Crippen LogP contribution in [0, 0.1) is 0 Å². The highest BCUT2D eigenvalue weighted by Crippen LogP contribution is 1.86. The Hall–Kier alpha value is -1.26. The molecule has 0 aromatic heterocycles. The fourth-order valence-corrected chi connectivity index (χ4v) is 0.275. The number of carboxylic acid groups (broad SMARTS) is 2. The van der Waals surface area contributed by atoms with E-state index in [9.17, 15) is 9.59 Å². The zero-order valence-electron chi connectivity index (χ0n) is 7.70. The molecule has 0 amide bonds. The lowest BCUT2D eigenvalue weighted by molar-refractivity contribution is -0.302. The Balaban J connectivity index is 0. The van der Waals surface area contributed by atoms with E-state index in [1.54, 1.807) is 0 Å². The van der Waals surface area contributed by atoms with Gasteiger partial charge in [-0.25, -0.2) is 0 Å². The van der Waals surface area contributed by atoms with Gasteiger partial charge in [0.05, 0.1) is 13.0 Å². The van der Waals surface area contributed by atoms with Crippen molar-refractivity contribution in [3.63, 3.8) is 0 Å². The van der Waals surface area contributed by atoms with Crippen molar-refractivity contribution in [3.8, 4) is 0 Å². The highest BCUT2D eigenvalue weighted by molar-refractivity contribution is 5.80. The summed E-state index contributed by atoms with van der Waals surface area (Å²) >= 11 is 0. The van der Waals surface area contributed by atoms with Gasteiger partial charge in [0.25, 0.3) is 5.97 Å². The molecule has 0 spiro atoms. The number of rotatable bonds is 4. The molecule has 0 aliphatic carbocycles. The molecule has 0 heterocycles. The normalized spacial score (nSPS) is 12.3. The molecule has 0 bridgehead atoms. The van der Waals surface area contributed by atoms with E-state index in [0.717, 1.165) is 0 Å². The van der Waals surface area contributed by atoms with Crippen LogP contribution in [0.1, 0.15) is 6.42 Å². The SMILES string of the molecule is NC(CC(=O)O)C(=O)O.NCC(O)(O)O. The first-order valence-electron chi connectivity index (χ1n) is 3.67. The molecule has 0 aromatic rings. The molecule has 0 fully saturated rings. The number of carbonyl (C=O) groups is 2. The van der Waals surface area contributed by atoms with Gasteiger partial charge < -0.3 is 37.0 Å². The van der Waals surface area contributed by atoms with Gasteiger partial charge in [0, 0.05) is 0 Å². The van der Waals surface area contributed by atoms with E-state index >= 15 is 0 Å². The minimum absolute atomic E-state index is 0.532. The lowest BCUT2D eigenvalue weighted by Gasteiger charge is -2.07. The standard InChI is InChI=1S/C4H7NO4.C2H7NO3/c5-2(4(8)9)1-3(6)7;3-1-2(4,5)6/h2H,1,5H2,(H,6,7)(H,8,9);4-6H,1,3H2. The van der Waals surface area contributed by atoms with Crippen LogP contribution in [0.3, 0.4) is 0 Å². The molecule has 0 aliphatic rings. The van der Waals surface area contributed by atoms with E-state index < -0.39 is 36.9 Å². The smallest absolute Gasteiger partial charge is 0.321 e. The highest BCUT2D eigenvalue weighted by Gasteiger charge is 2.14. The predicted molar refractivity (Wildman–Crippen MR) is 46.3 cm³/mol. The van der Waals surface area contributed by atoms with E-state index in [2.05, 4.69) is 5.73 Å². The summed E-state index contributed by atoms with van der Waals surface area (Å²) in [6.07, 6.45) is -0.532. The van der Waals surface area contributed by atoms with E-state index in [4.69, 9.17) is 31.3 Å².